The van der Waals surface area contributed by atoms with Gasteiger partial charge in [-0.1, -0.05) is 0 Å². The quantitative estimate of drug-likeness (QED) is 0.846. The highest BCUT2D eigenvalue weighted by Gasteiger charge is 2.28. The molecular weight excluding hydrogens is 244 g/mol. The summed E-state index contributed by atoms with van der Waals surface area (Å²) in [7, 11) is 1.44. The van der Waals surface area contributed by atoms with E-state index >= 15 is 0 Å². The van der Waals surface area contributed by atoms with Crippen molar-refractivity contribution in [3.63, 3.8) is 0 Å². The highest BCUT2D eigenvalue weighted by Crippen LogP contribution is 2.29. The summed E-state index contributed by atoms with van der Waals surface area (Å²) in [5, 5.41) is 0. The normalized spacial score (nSPS) is 22.8. The predicted octanol–water partition coefficient (Wildman–Crippen LogP) is 2.08. The van der Waals surface area contributed by atoms with Crippen LogP contribution in [0.5, 0.6) is 5.88 Å². The summed E-state index contributed by atoms with van der Waals surface area (Å²) in [6.45, 7) is 1.93. The molecule has 5 heteroatoms. The van der Waals surface area contributed by atoms with Gasteiger partial charge in [-0.2, -0.15) is 0 Å². The lowest BCUT2D eigenvalue weighted by Crippen LogP contribution is -2.29. The van der Waals surface area contributed by atoms with Crippen molar-refractivity contribution >= 4 is 11.7 Å². The molecule has 1 aromatic rings. The van der Waals surface area contributed by atoms with Gasteiger partial charge in [0.1, 0.15) is 6.10 Å². The van der Waals surface area contributed by atoms with Crippen LogP contribution in [0.1, 0.15) is 31.2 Å². The highest BCUT2D eigenvalue weighted by atomic mass is 16.5. The first-order chi connectivity index (χ1) is 9.10. The van der Waals surface area contributed by atoms with Crippen LogP contribution < -0.4 is 10.5 Å². The van der Waals surface area contributed by atoms with E-state index < -0.39 is 0 Å². The summed E-state index contributed by atoms with van der Waals surface area (Å²) >= 11 is 0. The van der Waals surface area contributed by atoms with E-state index in [1.807, 2.05) is 13.0 Å². The zero-order valence-electron chi connectivity index (χ0n) is 11.4. The second-order valence-electron chi connectivity index (χ2n) is 5.01. The van der Waals surface area contributed by atoms with Gasteiger partial charge in [-0.05, 0) is 38.7 Å². The summed E-state index contributed by atoms with van der Waals surface area (Å²) in [5.74, 6) is 0.543. The zero-order chi connectivity index (χ0) is 13.8. The molecule has 104 valence electrons. The molecule has 1 aliphatic rings. The van der Waals surface area contributed by atoms with Gasteiger partial charge in [-0.15, -0.1) is 0 Å². The molecule has 0 aliphatic heterocycles. The van der Waals surface area contributed by atoms with E-state index in [4.69, 9.17) is 15.2 Å². The van der Waals surface area contributed by atoms with Gasteiger partial charge in [-0.25, -0.2) is 4.98 Å². The molecule has 19 heavy (non-hydrogen) atoms. The molecule has 0 atom stereocenters. The van der Waals surface area contributed by atoms with Crippen LogP contribution in [0, 0.1) is 12.8 Å². The molecule has 2 rings (SSSR count). The van der Waals surface area contributed by atoms with Crippen molar-refractivity contribution < 1.29 is 14.3 Å². The Morgan fingerprint density at radius 2 is 2.05 bits per heavy atom. The van der Waals surface area contributed by atoms with Crippen LogP contribution in [-0.4, -0.2) is 24.2 Å². The average molecular weight is 264 g/mol. The number of aromatic nitrogens is 1. The summed E-state index contributed by atoms with van der Waals surface area (Å²) in [6.07, 6.45) is 5.05. The number of nitrogen functional groups attached to an aromatic ring is 1. The highest BCUT2D eigenvalue weighted by molar-refractivity contribution is 5.72. The Hall–Kier alpha value is -1.78. The maximum Gasteiger partial charge on any atom is 0.308 e. The van der Waals surface area contributed by atoms with Gasteiger partial charge in [0, 0.05) is 5.56 Å². The van der Waals surface area contributed by atoms with Crippen LogP contribution in [0.4, 0.5) is 5.69 Å². The summed E-state index contributed by atoms with van der Waals surface area (Å²) < 4.78 is 10.7. The number of hydrogen-bond donors (Lipinski definition) is 1. The summed E-state index contributed by atoms with van der Waals surface area (Å²) in [4.78, 5) is 15.6. The second-order valence-corrected chi connectivity index (χ2v) is 5.01. The first-order valence-corrected chi connectivity index (χ1v) is 6.56. The lowest BCUT2D eigenvalue weighted by atomic mass is 9.87. The Labute approximate surface area is 113 Å². The largest absolute Gasteiger partial charge is 0.474 e. The van der Waals surface area contributed by atoms with Crippen molar-refractivity contribution in [3.05, 3.63) is 17.8 Å². The van der Waals surface area contributed by atoms with Crippen LogP contribution in [0.2, 0.25) is 0 Å². The SMILES string of the molecule is COC(=O)[C@H]1CC[C@@H](Oc2ncc(N)cc2C)CC1. The number of carbonyl (C=O) groups excluding carboxylic acids is 1. The van der Waals surface area contributed by atoms with Crippen LogP contribution in [0.3, 0.4) is 0 Å². The Kier molecular flexibility index (Phi) is 4.24. The number of nitrogens with two attached hydrogens (primary N) is 1. The van der Waals surface area contributed by atoms with Crippen molar-refractivity contribution in [1.82, 2.24) is 4.98 Å². The molecule has 1 heterocycles. The van der Waals surface area contributed by atoms with E-state index in [1.54, 1.807) is 6.20 Å². The van der Waals surface area contributed by atoms with Crippen molar-refractivity contribution in [2.24, 2.45) is 5.92 Å². The number of aryl methyl sites for hydroxylation is 1. The van der Waals surface area contributed by atoms with Crippen molar-refractivity contribution in [2.45, 2.75) is 38.7 Å². The molecule has 1 aliphatic carbocycles. The molecule has 0 saturated heterocycles. The standard InChI is InChI=1S/C14H20N2O3/c1-9-7-11(15)8-16-13(9)19-12-5-3-10(4-6-12)14(17)18-2/h7-8,10,12H,3-6,15H2,1-2H3/t10-,12+. The number of pyridine rings is 1. The van der Waals surface area contributed by atoms with Gasteiger partial charge < -0.3 is 15.2 Å². The average Bonchev–Trinajstić information content (AvgIpc) is 2.42. The molecule has 1 saturated carbocycles. The first kappa shape index (κ1) is 13.6. The topological polar surface area (TPSA) is 74.4 Å². The zero-order valence-corrected chi connectivity index (χ0v) is 11.4. The van der Waals surface area contributed by atoms with E-state index in [0.717, 1.165) is 31.2 Å². The first-order valence-electron chi connectivity index (χ1n) is 6.56. The van der Waals surface area contributed by atoms with Gasteiger partial charge in [-0.3, -0.25) is 4.79 Å². The van der Waals surface area contributed by atoms with Gasteiger partial charge in [0.15, 0.2) is 0 Å². The molecule has 0 amide bonds. The monoisotopic (exact) mass is 264 g/mol. The fraction of sp³-hybridized carbons (Fsp3) is 0.571. The van der Waals surface area contributed by atoms with Gasteiger partial charge >= 0.3 is 5.97 Å². The number of rotatable bonds is 3. The number of nitrogens with zero attached hydrogens (tertiary/aromatic N) is 1. The summed E-state index contributed by atoms with van der Waals surface area (Å²) in [5.41, 5.74) is 7.24. The number of hydrogen-bond acceptors (Lipinski definition) is 5. The lowest BCUT2D eigenvalue weighted by Gasteiger charge is -2.27. The van der Waals surface area contributed by atoms with Crippen LogP contribution in [0.25, 0.3) is 0 Å². The fourth-order valence-electron chi connectivity index (χ4n) is 2.45. The molecule has 5 nitrogen and oxygen atoms in total. The molecule has 0 aromatic carbocycles. The van der Waals surface area contributed by atoms with Crippen LogP contribution in [0.15, 0.2) is 12.3 Å². The number of carbonyl (C=O) groups is 1. The predicted molar refractivity (Wildman–Crippen MR) is 71.8 cm³/mol. The van der Waals surface area contributed by atoms with Crippen molar-refractivity contribution in [3.8, 4) is 5.88 Å². The number of ether oxygens (including phenoxy) is 2. The molecule has 0 bridgehead atoms. The summed E-state index contributed by atoms with van der Waals surface area (Å²) in [6, 6.07) is 1.85. The number of anilines is 1. The van der Waals surface area contributed by atoms with Crippen molar-refractivity contribution in [1.29, 1.82) is 0 Å². The minimum Gasteiger partial charge on any atom is -0.474 e. The molecule has 0 radical (unpaired) electrons. The van der Waals surface area contributed by atoms with E-state index in [-0.39, 0.29) is 18.0 Å². The molecule has 1 aromatic heterocycles. The van der Waals surface area contributed by atoms with E-state index in [9.17, 15) is 4.79 Å². The Bertz CT molecular complexity index is 454. The smallest absolute Gasteiger partial charge is 0.308 e. The molecular formula is C14H20N2O3. The third-order valence-corrected chi connectivity index (χ3v) is 3.54. The fourth-order valence-corrected chi connectivity index (χ4v) is 2.45. The van der Waals surface area contributed by atoms with E-state index in [1.165, 1.54) is 7.11 Å². The molecule has 0 spiro atoms. The third-order valence-electron chi connectivity index (χ3n) is 3.54. The number of methoxy groups -OCH3 is 1. The maximum absolute atomic E-state index is 11.4. The van der Waals surface area contributed by atoms with E-state index in [2.05, 4.69) is 4.98 Å². The van der Waals surface area contributed by atoms with Crippen LogP contribution >= 0.6 is 0 Å². The van der Waals surface area contributed by atoms with Gasteiger partial charge in [0.2, 0.25) is 5.88 Å². The third kappa shape index (κ3) is 3.36. The molecule has 2 N–H and O–H groups in total. The van der Waals surface area contributed by atoms with Crippen LogP contribution in [-0.2, 0) is 9.53 Å². The molecule has 1 fully saturated rings. The minimum absolute atomic E-state index is 0.0188. The molecule has 0 unspecified atom stereocenters. The minimum atomic E-state index is -0.111. The second kappa shape index (κ2) is 5.91. The maximum atomic E-state index is 11.4. The van der Waals surface area contributed by atoms with Crippen molar-refractivity contribution in [2.75, 3.05) is 12.8 Å². The number of esters is 1. The van der Waals surface area contributed by atoms with Gasteiger partial charge in [0.25, 0.3) is 0 Å². The van der Waals surface area contributed by atoms with E-state index in [0.29, 0.717) is 11.6 Å². The Morgan fingerprint density at radius 3 is 2.63 bits per heavy atom. The van der Waals surface area contributed by atoms with Gasteiger partial charge in [0.05, 0.1) is 24.9 Å². The Balaban J connectivity index is 1.90. The Morgan fingerprint density at radius 1 is 1.37 bits per heavy atom. The lowest BCUT2D eigenvalue weighted by molar-refractivity contribution is -0.147.